The van der Waals surface area contributed by atoms with E-state index in [-0.39, 0.29) is 11.2 Å². The van der Waals surface area contributed by atoms with Crippen molar-refractivity contribution in [2.24, 2.45) is 0 Å². The van der Waals surface area contributed by atoms with E-state index in [0.29, 0.717) is 39.7 Å². The quantitative estimate of drug-likeness (QED) is 0.410. The average Bonchev–Trinajstić information content (AvgIpc) is 3.17. The third-order valence-corrected chi connectivity index (χ3v) is 5.15. The first-order valence-electron chi connectivity index (χ1n) is 8.41. The number of thiophene rings is 1. The van der Waals surface area contributed by atoms with E-state index in [2.05, 4.69) is 15.0 Å². The summed E-state index contributed by atoms with van der Waals surface area (Å²) in [5.74, 6) is 1.04. The van der Waals surface area contributed by atoms with E-state index < -0.39 is 4.92 Å². The molecule has 0 atom stereocenters. The van der Waals surface area contributed by atoms with Crippen molar-refractivity contribution in [1.29, 1.82) is 0 Å². The Labute approximate surface area is 163 Å². The van der Waals surface area contributed by atoms with Crippen molar-refractivity contribution in [1.82, 2.24) is 15.0 Å². The van der Waals surface area contributed by atoms with Gasteiger partial charge in [-0.2, -0.15) is 0 Å². The molecule has 1 aromatic carbocycles. The molecule has 0 aliphatic carbocycles. The van der Waals surface area contributed by atoms with Gasteiger partial charge in [0.2, 0.25) is 0 Å². The van der Waals surface area contributed by atoms with Gasteiger partial charge >= 0.3 is 0 Å². The Morgan fingerprint density at radius 3 is 2.68 bits per heavy atom. The number of rotatable bonds is 5. The summed E-state index contributed by atoms with van der Waals surface area (Å²) in [6, 6.07) is 13.9. The normalized spacial score (nSPS) is 10.9. The summed E-state index contributed by atoms with van der Waals surface area (Å²) in [5.41, 5.74) is 1.37. The van der Waals surface area contributed by atoms with Crippen molar-refractivity contribution < 1.29 is 4.92 Å². The zero-order valence-corrected chi connectivity index (χ0v) is 15.6. The maximum atomic E-state index is 12.1. The summed E-state index contributed by atoms with van der Waals surface area (Å²) in [5, 5.41) is 13.2. The molecule has 0 saturated heterocycles. The molecule has 0 aliphatic heterocycles. The summed E-state index contributed by atoms with van der Waals surface area (Å²) in [7, 11) is 1.79. The Morgan fingerprint density at radius 1 is 1.14 bits per heavy atom. The minimum atomic E-state index is -0.442. The number of nitrogens with zero attached hydrogens (tertiary/aromatic N) is 4. The van der Waals surface area contributed by atoms with Gasteiger partial charge in [-0.15, -0.1) is 11.3 Å². The van der Waals surface area contributed by atoms with Crippen LogP contribution in [0.5, 0.6) is 0 Å². The van der Waals surface area contributed by atoms with E-state index in [9.17, 15) is 14.9 Å². The highest BCUT2D eigenvalue weighted by molar-refractivity contribution is 7.17. The van der Waals surface area contributed by atoms with Gasteiger partial charge in [0.25, 0.3) is 11.2 Å². The zero-order valence-electron chi connectivity index (χ0n) is 14.8. The first-order chi connectivity index (χ1) is 13.5. The first-order valence-corrected chi connectivity index (χ1v) is 9.29. The van der Waals surface area contributed by atoms with Gasteiger partial charge in [0.1, 0.15) is 16.3 Å². The van der Waals surface area contributed by atoms with Gasteiger partial charge in [-0.1, -0.05) is 30.3 Å². The summed E-state index contributed by atoms with van der Waals surface area (Å²) >= 11 is 1.35. The van der Waals surface area contributed by atoms with Gasteiger partial charge in [0.05, 0.1) is 17.0 Å². The zero-order chi connectivity index (χ0) is 19.7. The van der Waals surface area contributed by atoms with Gasteiger partial charge in [-0.3, -0.25) is 14.9 Å². The molecule has 3 heterocycles. The van der Waals surface area contributed by atoms with E-state index in [4.69, 9.17) is 0 Å². The third kappa shape index (κ3) is 3.35. The van der Waals surface area contributed by atoms with Crippen LogP contribution in [0.4, 0.5) is 11.5 Å². The van der Waals surface area contributed by atoms with Crippen LogP contribution < -0.4 is 10.5 Å². The van der Waals surface area contributed by atoms with Gasteiger partial charge in [0, 0.05) is 18.7 Å². The van der Waals surface area contributed by atoms with Crippen molar-refractivity contribution in [2.45, 2.75) is 6.54 Å². The summed E-state index contributed by atoms with van der Waals surface area (Å²) in [4.78, 5) is 36.6. The topological polar surface area (TPSA) is 105 Å². The van der Waals surface area contributed by atoms with Crippen LogP contribution in [0.3, 0.4) is 0 Å². The number of H-pyrrole nitrogens is 1. The number of aromatic nitrogens is 3. The Bertz CT molecular complexity index is 1220. The number of aromatic amines is 1. The molecule has 4 aromatic rings. The lowest BCUT2D eigenvalue weighted by Gasteiger charge is -2.18. The molecule has 1 N–H and O–H groups in total. The van der Waals surface area contributed by atoms with Crippen LogP contribution in [0, 0.1) is 10.1 Å². The molecule has 0 aliphatic rings. The molecule has 0 fully saturated rings. The van der Waals surface area contributed by atoms with Crippen molar-refractivity contribution in [3.8, 4) is 11.3 Å². The Hall–Kier alpha value is -3.59. The van der Waals surface area contributed by atoms with Crippen molar-refractivity contribution in [3.63, 3.8) is 0 Å². The molecule has 8 nitrogen and oxygen atoms in total. The van der Waals surface area contributed by atoms with Crippen molar-refractivity contribution in [2.75, 3.05) is 11.9 Å². The number of benzene rings is 1. The standard InChI is InChI=1S/C19H15N5O3S/c1-23(11-15-20-13-9-10-28-18(13)19(25)21-15)16-8-7-14(24(26)27)17(22-16)12-5-3-2-4-6-12/h2-10H,11H2,1H3,(H,20,21,25). The Balaban J connectivity index is 1.70. The lowest BCUT2D eigenvalue weighted by molar-refractivity contribution is -0.384. The SMILES string of the molecule is CN(Cc1nc2ccsc2c(=O)[nH]1)c1ccc([N+](=O)[O-])c(-c2ccccc2)n1. The second kappa shape index (κ2) is 7.20. The molecular formula is C19H15N5O3S. The molecule has 28 heavy (non-hydrogen) atoms. The fourth-order valence-corrected chi connectivity index (χ4v) is 3.64. The maximum absolute atomic E-state index is 12.1. The maximum Gasteiger partial charge on any atom is 0.295 e. The minimum Gasteiger partial charge on any atom is -0.352 e. The van der Waals surface area contributed by atoms with Gasteiger partial charge in [0.15, 0.2) is 5.69 Å². The van der Waals surface area contributed by atoms with Gasteiger partial charge in [-0.25, -0.2) is 9.97 Å². The highest BCUT2D eigenvalue weighted by Crippen LogP contribution is 2.30. The number of hydrogen-bond acceptors (Lipinski definition) is 7. The highest BCUT2D eigenvalue weighted by Gasteiger charge is 2.19. The molecule has 0 spiro atoms. The lowest BCUT2D eigenvalue weighted by atomic mass is 10.1. The van der Waals surface area contributed by atoms with Crippen LogP contribution in [0.25, 0.3) is 21.5 Å². The average molecular weight is 393 g/mol. The number of nitro groups is 1. The number of pyridine rings is 1. The molecule has 0 bridgehead atoms. The second-order valence-electron chi connectivity index (χ2n) is 6.16. The van der Waals surface area contributed by atoms with Gasteiger partial charge in [-0.05, 0) is 17.5 Å². The summed E-state index contributed by atoms with van der Waals surface area (Å²) in [6.07, 6.45) is 0. The first kappa shape index (κ1) is 17.8. The van der Waals surface area contributed by atoms with Crippen LogP contribution in [0.15, 0.2) is 58.7 Å². The van der Waals surface area contributed by atoms with Crippen LogP contribution in [0.1, 0.15) is 5.82 Å². The molecule has 9 heteroatoms. The number of nitrogens with one attached hydrogen (secondary N) is 1. The van der Waals surface area contributed by atoms with Crippen LogP contribution >= 0.6 is 11.3 Å². The van der Waals surface area contributed by atoms with E-state index >= 15 is 0 Å². The predicted molar refractivity (Wildman–Crippen MR) is 109 cm³/mol. The number of hydrogen-bond donors (Lipinski definition) is 1. The molecule has 3 aromatic heterocycles. The summed E-state index contributed by atoms with van der Waals surface area (Å²) in [6.45, 7) is 0.306. The number of anilines is 1. The second-order valence-corrected chi connectivity index (χ2v) is 7.08. The molecule has 4 rings (SSSR count). The number of fused-ring (bicyclic) bond motifs is 1. The molecule has 0 unspecified atom stereocenters. The Morgan fingerprint density at radius 2 is 1.93 bits per heavy atom. The van der Waals surface area contributed by atoms with Gasteiger partial charge < -0.3 is 9.88 Å². The largest absolute Gasteiger partial charge is 0.352 e. The fourth-order valence-electron chi connectivity index (χ4n) is 2.91. The van der Waals surface area contributed by atoms with E-state index in [1.54, 1.807) is 36.2 Å². The molecule has 0 radical (unpaired) electrons. The van der Waals surface area contributed by atoms with Crippen molar-refractivity contribution >= 4 is 33.1 Å². The highest BCUT2D eigenvalue weighted by atomic mass is 32.1. The predicted octanol–water partition coefficient (Wildman–Crippen LogP) is 3.59. The molecular weight excluding hydrogens is 378 g/mol. The van der Waals surface area contributed by atoms with Crippen LogP contribution in [-0.2, 0) is 6.54 Å². The van der Waals surface area contributed by atoms with E-state index in [1.807, 2.05) is 23.6 Å². The van der Waals surface area contributed by atoms with E-state index in [0.717, 1.165) is 0 Å². The van der Waals surface area contributed by atoms with Crippen molar-refractivity contribution in [3.05, 3.63) is 80.2 Å². The third-order valence-electron chi connectivity index (χ3n) is 4.25. The molecule has 0 amide bonds. The van der Waals surface area contributed by atoms with Crippen LogP contribution in [0.2, 0.25) is 0 Å². The summed E-state index contributed by atoms with van der Waals surface area (Å²) < 4.78 is 0.589. The minimum absolute atomic E-state index is 0.0606. The Kier molecular flexibility index (Phi) is 4.58. The van der Waals surface area contributed by atoms with Crippen LogP contribution in [-0.4, -0.2) is 26.9 Å². The molecule has 140 valence electrons. The monoisotopic (exact) mass is 393 g/mol. The van der Waals surface area contributed by atoms with E-state index in [1.165, 1.54) is 17.4 Å². The fraction of sp³-hybridized carbons (Fsp3) is 0.105. The lowest BCUT2D eigenvalue weighted by Crippen LogP contribution is -2.22. The molecule has 0 saturated carbocycles. The smallest absolute Gasteiger partial charge is 0.295 e.